The quantitative estimate of drug-likeness (QED) is 0.518. The summed E-state index contributed by atoms with van der Waals surface area (Å²) in [4.78, 5) is 22.7. The molecular weight excluding hydrogens is 224 g/mol. The third-order valence-electron chi connectivity index (χ3n) is 2.91. The summed E-state index contributed by atoms with van der Waals surface area (Å²) in [5, 5.41) is 19.6. The zero-order valence-electron chi connectivity index (χ0n) is 10.8. The maximum atomic E-state index is 11.5. The summed E-state index contributed by atoms with van der Waals surface area (Å²) in [6.07, 6.45) is 0.268. The predicted molar refractivity (Wildman–Crippen MR) is 62.9 cm³/mol. The van der Waals surface area contributed by atoms with Crippen LogP contribution in [0.1, 0.15) is 33.6 Å². The van der Waals surface area contributed by atoms with Crippen LogP contribution in [0, 0.1) is 5.92 Å². The van der Waals surface area contributed by atoms with E-state index in [1.807, 2.05) is 13.8 Å². The number of aliphatic hydroxyl groups is 2. The van der Waals surface area contributed by atoms with Gasteiger partial charge in [0.15, 0.2) is 0 Å². The summed E-state index contributed by atoms with van der Waals surface area (Å²) in [7, 11) is 1.00. The molecule has 1 fully saturated rings. The van der Waals surface area contributed by atoms with Gasteiger partial charge in [-0.15, -0.1) is 0 Å². The van der Waals surface area contributed by atoms with Gasteiger partial charge in [-0.05, 0) is 19.3 Å². The summed E-state index contributed by atoms with van der Waals surface area (Å²) in [5.41, 5.74) is 2.58. The Morgan fingerprint density at radius 3 is 2.24 bits per heavy atom. The Bertz CT molecular complexity index is 302. The lowest BCUT2D eigenvalue weighted by Crippen LogP contribution is -2.64. The second kappa shape index (κ2) is 5.46. The van der Waals surface area contributed by atoms with Crippen LogP contribution in [-0.2, 0) is 9.59 Å². The largest absolute Gasteiger partial charge is 0.400 e. The molecule has 0 unspecified atom stereocenters. The van der Waals surface area contributed by atoms with Crippen molar-refractivity contribution in [2.24, 2.45) is 11.7 Å². The smallest absolute Gasteiger partial charge is 0.246 e. The van der Waals surface area contributed by atoms with Gasteiger partial charge in [0.25, 0.3) is 0 Å². The number of rotatable bonds is 3. The highest BCUT2D eigenvalue weighted by atomic mass is 16.3. The molecule has 0 aromatic rings. The molecule has 6 nitrogen and oxygen atoms in total. The molecule has 0 aromatic heterocycles. The fraction of sp³-hybridized carbons (Fsp3) is 0.818. The molecule has 0 aromatic carbocycles. The van der Waals surface area contributed by atoms with E-state index in [0.29, 0.717) is 6.42 Å². The van der Waals surface area contributed by atoms with Crippen LogP contribution in [0.2, 0.25) is 0 Å². The molecule has 0 bridgehead atoms. The van der Waals surface area contributed by atoms with E-state index >= 15 is 0 Å². The van der Waals surface area contributed by atoms with Crippen molar-refractivity contribution in [3.63, 3.8) is 0 Å². The van der Waals surface area contributed by atoms with Gasteiger partial charge >= 0.3 is 0 Å². The third kappa shape index (κ3) is 2.95. The van der Waals surface area contributed by atoms with Gasteiger partial charge in [0.1, 0.15) is 11.1 Å². The zero-order valence-corrected chi connectivity index (χ0v) is 10.8. The molecule has 6 heteroatoms. The SMILES string of the molecule is CC(C)C[C@@]1(C(N)=O)NC(=O)C[C@]1(C)O.CO. The molecule has 0 saturated carbocycles. The maximum absolute atomic E-state index is 11.5. The van der Waals surface area contributed by atoms with Crippen LogP contribution < -0.4 is 11.1 Å². The summed E-state index contributed by atoms with van der Waals surface area (Å²) in [6.45, 7) is 5.29. The molecule has 1 aliphatic heterocycles. The van der Waals surface area contributed by atoms with Crippen LogP contribution in [-0.4, -0.2) is 40.3 Å². The summed E-state index contributed by atoms with van der Waals surface area (Å²) in [5.74, 6) is -0.853. The van der Waals surface area contributed by atoms with Gasteiger partial charge in [0, 0.05) is 7.11 Å². The van der Waals surface area contributed by atoms with E-state index in [1.54, 1.807) is 0 Å². The average molecular weight is 246 g/mol. The minimum absolute atomic E-state index is 0.0807. The van der Waals surface area contributed by atoms with Crippen molar-refractivity contribution in [1.82, 2.24) is 5.32 Å². The van der Waals surface area contributed by atoms with Crippen molar-refractivity contribution in [2.75, 3.05) is 7.11 Å². The van der Waals surface area contributed by atoms with Gasteiger partial charge in [-0.2, -0.15) is 0 Å². The Morgan fingerprint density at radius 2 is 2.00 bits per heavy atom. The Morgan fingerprint density at radius 1 is 1.53 bits per heavy atom. The first-order valence-electron chi connectivity index (χ1n) is 5.49. The number of carbonyl (C=O) groups excluding carboxylic acids is 2. The first kappa shape index (κ1) is 15.9. The van der Waals surface area contributed by atoms with Crippen LogP contribution in [0.5, 0.6) is 0 Å². The van der Waals surface area contributed by atoms with Gasteiger partial charge in [-0.25, -0.2) is 0 Å². The normalized spacial score (nSPS) is 31.8. The van der Waals surface area contributed by atoms with Crippen molar-refractivity contribution in [3.05, 3.63) is 0 Å². The van der Waals surface area contributed by atoms with Gasteiger partial charge in [-0.1, -0.05) is 13.8 Å². The van der Waals surface area contributed by atoms with E-state index in [1.165, 1.54) is 6.92 Å². The monoisotopic (exact) mass is 246 g/mol. The topological polar surface area (TPSA) is 113 Å². The van der Waals surface area contributed by atoms with Crippen LogP contribution in [0.4, 0.5) is 0 Å². The zero-order chi connectivity index (χ0) is 13.9. The molecule has 1 saturated heterocycles. The third-order valence-corrected chi connectivity index (χ3v) is 2.91. The summed E-state index contributed by atoms with van der Waals surface area (Å²) < 4.78 is 0. The van der Waals surface area contributed by atoms with E-state index in [4.69, 9.17) is 10.8 Å². The van der Waals surface area contributed by atoms with Gasteiger partial charge in [-0.3, -0.25) is 9.59 Å². The second-order valence-corrected chi connectivity index (χ2v) is 4.87. The number of nitrogens with one attached hydrogen (secondary N) is 1. The second-order valence-electron chi connectivity index (χ2n) is 4.87. The fourth-order valence-corrected chi connectivity index (χ4v) is 2.19. The number of hydrogen-bond donors (Lipinski definition) is 4. The number of amides is 2. The molecule has 17 heavy (non-hydrogen) atoms. The number of aliphatic hydroxyl groups excluding tert-OH is 1. The highest BCUT2D eigenvalue weighted by Crippen LogP contribution is 2.36. The lowest BCUT2D eigenvalue weighted by Gasteiger charge is -2.37. The van der Waals surface area contributed by atoms with Crippen LogP contribution in [0.3, 0.4) is 0 Å². The van der Waals surface area contributed by atoms with Crippen LogP contribution >= 0.6 is 0 Å². The molecule has 100 valence electrons. The molecule has 0 aliphatic carbocycles. The number of carbonyl (C=O) groups is 2. The Balaban J connectivity index is 0.00000121. The predicted octanol–water partition coefficient (Wildman–Crippen LogP) is -0.864. The van der Waals surface area contributed by atoms with Gasteiger partial charge < -0.3 is 21.3 Å². The van der Waals surface area contributed by atoms with E-state index in [2.05, 4.69) is 5.32 Å². The minimum atomic E-state index is -1.40. The van der Waals surface area contributed by atoms with Crippen molar-refractivity contribution < 1.29 is 19.8 Å². The molecule has 5 N–H and O–H groups in total. The Hall–Kier alpha value is -1.14. The Kier molecular flexibility index (Phi) is 5.10. The standard InChI is InChI=1S/C10H18N2O3.CH4O/c1-6(2)4-10(8(11)14)9(3,15)5-7(13)12-10;1-2/h6,15H,4-5H2,1-3H3,(H2,11,14)(H,12,13);2H,1H3/t9-,10-;/m0./s1. The first-order chi connectivity index (χ1) is 7.71. The number of hydrogen-bond acceptors (Lipinski definition) is 4. The number of primary amides is 1. The maximum Gasteiger partial charge on any atom is 0.246 e. The van der Waals surface area contributed by atoms with Crippen molar-refractivity contribution >= 4 is 11.8 Å². The molecule has 2 atom stereocenters. The number of nitrogens with two attached hydrogens (primary N) is 1. The molecular formula is C11H22N2O4. The van der Waals surface area contributed by atoms with Gasteiger partial charge in [0.2, 0.25) is 11.8 Å². The van der Waals surface area contributed by atoms with Gasteiger partial charge in [0.05, 0.1) is 6.42 Å². The van der Waals surface area contributed by atoms with Crippen LogP contribution in [0.25, 0.3) is 0 Å². The van der Waals surface area contributed by atoms with Crippen molar-refractivity contribution in [3.8, 4) is 0 Å². The summed E-state index contributed by atoms with van der Waals surface area (Å²) >= 11 is 0. The van der Waals surface area contributed by atoms with Crippen molar-refractivity contribution in [1.29, 1.82) is 0 Å². The Labute approximate surface area is 101 Å². The lowest BCUT2D eigenvalue weighted by molar-refractivity contribution is -0.134. The molecule has 1 heterocycles. The summed E-state index contributed by atoms with van der Waals surface area (Å²) in [6, 6.07) is 0. The first-order valence-corrected chi connectivity index (χ1v) is 5.49. The van der Waals surface area contributed by atoms with Crippen molar-refractivity contribution in [2.45, 2.75) is 44.8 Å². The van der Waals surface area contributed by atoms with E-state index in [9.17, 15) is 14.7 Å². The van der Waals surface area contributed by atoms with E-state index < -0.39 is 17.0 Å². The average Bonchev–Trinajstić information content (AvgIpc) is 2.39. The molecule has 2 amide bonds. The fourth-order valence-electron chi connectivity index (χ4n) is 2.19. The molecule has 0 radical (unpaired) electrons. The lowest BCUT2D eigenvalue weighted by atomic mass is 9.76. The van der Waals surface area contributed by atoms with Crippen LogP contribution in [0.15, 0.2) is 0 Å². The highest BCUT2D eigenvalue weighted by molar-refractivity contribution is 5.96. The molecule has 1 rings (SSSR count). The molecule has 0 spiro atoms. The van der Waals surface area contributed by atoms with E-state index in [-0.39, 0.29) is 18.2 Å². The highest BCUT2D eigenvalue weighted by Gasteiger charge is 2.58. The van der Waals surface area contributed by atoms with E-state index in [0.717, 1.165) is 7.11 Å². The molecule has 1 aliphatic rings. The minimum Gasteiger partial charge on any atom is -0.400 e.